The van der Waals surface area contributed by atoms with Gasteiger partial charge in [-0.2, -0.15) is 0 Å². The minimum Gasteiger partial charge on any atom is -0.396 e. The second-order valence-corrected chi connectivity index (χ2v) is 8.06. The summed E-state index contributed by atoms with van der Waals surface area (Å²) in [4.78, 5) is 0. The van der Waals surface area contributed by atoms with Crippen molar-refractivity contribution in [3.8, 4) is 0 Å². The minimum atomic E-state index is -0.252. The largest absolute Gasteiger partial charge is 0.396 e. The Hall–Kier alpha value is -1.71. The van der Waals surface area contributed by atoms with Crippen molar-refractivity contribution in [3.63, 3.8) is 0 Å². The van der Waals surface area contributed by atoms with Gasteiger partial charge in [-0.25, -0.2) is 4.39 Å². The lowest BCUT2D eigenvalue weighted by Crippen LogP contribution is -2.21. The molecule has 2 aromatic rings. The fourth-order valence-corrected chi connectivity index (χ4v) is 3.62. The Balaban J connectivity index is 1.71. The number of halogens is 1. The minimum absolute atomic E-state index is 0.0350. The molecule has 1 aliphatic heterocycles. The molecule has 3 atom stereocenters. The normalized spacial score (nSPS) is 23.8. The van der Waals surface area contributed by atoms with E-state index in [0.717, 1.165) is 12.0 Å². The molecule has 0 aliphatic carbocycles. The number of aliphatic hydroxyl groups excluding tert-OH is 1. The third-order valence-corrected chi connectivity index (χ3v) is 5.21. The molecule has 0 spiro atoms. The highest BCUT2D eigenvalue weighted by atomic mass is 19.1. The van der Waals surface area contributed by atoms with E-state index < -0.39 is 0 Å². The van der Waals surface area contributed by atoms with Crippen LogP contribution in [0.3, 0.4) is 0 Å². The first-order valence-electron chi connectivity index (χ1n) is 8.96. The Morgan fingerprint density at radius 1 is 1.04 bits per heavy atom. The molecule has 1 aliphatic rings. The van der Waals surface area contributed by atoms with E-state index in [-0.39, 0.29) is 35.8 Å². The molecule has 134 valence electrons. The first-order valence-corrected chi connectivity index (χ1v) is 8.96. The molecule has 1 N–H and O–H groups in total. The second kappa shape index (κ2) is 7.27. The number of hydrogen-bond acceptors (Lipinski definition) is 2. The van der Waals surface area contributed by atoms with Crippen LogP contribution in [-0.4, -0.2) is 18.3 Å². The average Bonchev–Trinajstić information content (AvgIpc) is 2.98. The molecule has 0 aromatic heterocycles. The van der Waals surface area contributed by atoms with Gasteiger partial charge in [0.1, 0.15) is 5.82 Å². The van der Waals surface area contributed by atoms with Gasteiger partial charge < -0.3 is 9.84 Å². The summed E-state index contributed by atoms with van der Waals surface area (Å²) in [6.07, 6.45) is 0.720. The monoisotopic (exact) mass is 342 g/mol. The van der Waals surface area contributed by atoms with Gasteiger partial charge in [0, 0.05) is 12.5 Å². The Kier molecular flexibility index (Phi) is 5.26. The molecule has 1 fully saturated rings. The summed E-state index contributed by atoms with van der Waals surface area (Å²) in [5, 5.41) is 9.90. The maximum atomic E-state index is 13.1. The van der Waals surface area contributed by atoms with E-state index in [2.05, 4.69) is 45.0 Å². The van der Waals surface area contributed by atoms with Gasteiger partial charge in [-0.15, -0.1) is 0 Å². The molecule has 2 aromatic carbocycles. The number of ether oxygens (including phenoxy) is 1. The summed E-state index contributed by atoms with van der Waals surface area (Å²) in [5.74, 6) is 0.0473. The van der Waals surface area contributed by atoms with Crippen LogP contribution in [0.1, 0.15) is 43.6 Å². The average molecular weight is 342 g/mol. The summed E-state index contributed by atoms with van der Waals surface area (Å²) in [7, 11) is 0. The van der Waals surface area contributed by atoms with Crippen LogP contribution in [0.25, 0.3) is 0 Å². The van der Waals surface area contributed by atoms with E-state index in [1.165, 1.54) is 23.3 Å². The van der Waals surface area contributed by atoms with Gasteiger partial charge in [-0.3, -0.25) is 0 Å². The van der Waals surface area contributed by atoms with Crippen molar-refractivity contribution >= 4 is 0 Å². The zero-order chi connectivity index (χ0) is 18.0. The predicted octanol–water partition coefficient (Wildman–Crippen LogP) is 4.66. The summed E-state index contributed by atoms with van der Waals surface area (Å²) < 4.78 is 19.1. The van der Waals surface area contributed by atoms with E-state index in [0.29, 0.717) is 6.61 Å². The third kappa shape index (κ3) is 4.10. The zero-order valence-electron chi connectivity index (χ0n) is 15.2. The molecule has 3 rings (SSSR count). The molecular formula is C22H27FO2. The number of hydrogen-bond donors (Lipinski definition) is 1. The third-order valence-electron chi connectivity index (χ3n) is 5.21. The SMILES string of the molecule is CC(C)(C)c1ccc(C[C@H]2CO[C@H](c3ccc(F)cc3)[C@H]2CO)cc1. The predicted molar refractivity (Wildman–Crippen MR) is 98.0 cm³/mol. The molecule has 0 unspecified atom stereocenters. The van der Waals surface area contributed by atoms with Gasteiger partial charge in [0.15, 0.2) is 0 Å². The van der Waals surface area contributed by atoms with Gasteiger partial charge in [0.05, 0.1) is 12.7 Å². The standard InChI is InChI=1S/C22H27FO2/c1-22(2,3)18-8-4-15(5-9-18)12-17-14-25-21(20(17)13-24)16-6-10-19(23)11-7-16/h4-11,17,20-21,24H,12-14H2,1-3H3/t17-,20-,21+/m0/s1. The van der Waals surface area contributed by atoms with Gasteiger partial charge >= 0.3 is 0 Å². The van der Waals surface area contributed by atoms with Crippen molar-refractivity contribution in [1.82, 2.24) is 0 Å². The fourth-order valence-electron chi connectivity index (χ4n) is 3.62. The Morgan fingerprint density at radius 2 is 1.68 bits per heavy atom. The van der Waals surface area contributed by atoms with Gasteiger partial charge in [0.25, 0.3) is 0 Å². The van der Waals surface area contributed by atoms with Gasteiger partial charge in [-0.05, 0) is 46.6 Å². The number of aliphatic hydroxyl groups is 1. The van der Waals surface area contributed by atoms with E-state index in [4.69, 9.17) is 4.74 Å². The lowest BCUT2D eigenvalue weighted by molar-refractivity contribution is 0.0718. The van der Waals surface area contributed by atoms with Crippen molar-refractivity contribution in [3.05, 3.63) is 71.0 Å². The van der Waals surface area contributed by atoms with Crippen molar-refractivity contribution < 1.29 is 14.2 Å². The van der Waals surface area contributed by atoms with Crippen LogP contribution in [0.4, 0.5) is 4.39 Å². The van der Waals surface area contributed by atoms with Gasteiger partial charge in [0.2, 0.25) is 0 Å². The highest BCUT2D eigenvalue weighted by Crippen LogP contribution is 2.39. The second-order valence-electron chi connectivity index (χ2n) is 8.06. The smallest absolute Gasteiger partial charge is 0.123 e. The number of benzene rings is 2. The van der Waals surface area contributed by atoms with Crippen molar-refractivity contribution in [2.75, 3.05) is 13.2 Å². The van der Waals surface area contributed by atoms with E-state index in [1.807, 2.05) is 0 Å². The van der Waals surface area contributed by atoms with Crippen molar-refractivity contribution in [1.29, 1.82) is 0 Å². The van der Waals surface area contributed by atoms with E-state index in [1.54, 1.807) is 12.1 Å². The summed E-state index contributed by atoms with van der Waals surface area (Å²) in [5.41, 5.74) is 3.67. The highest BCUT2D eigenvalue weighted by Gasteiger charge is 2.37. The van der Waals surface area contributed by atoms with Crippen LogP contribution in [0.15, 0.2) is 48.5 Å². The van der Waals surface area contributed by atoms with Crippen LogP contribution >= 0.6 is 0 Å². The maximum absolute atomic E-state index is 13.1. The van der Waals surface area contributed by atoms with E-state index in [9.17, 15) is 9.50 Å². The molecule has 3 heteroatoms. The van der Waals surface area contributed by atoms with Crippen LogP contribution in [0.2, 0.25) is 0 Å². The van der Waals surface area contributed by atoms with Gasteiger partial charge in [-0.1, -0.05) is 57.2 Å². The quantitative estimate of drug-likeness (QED) is 0.875. The molecule has 1 heterocycles. The lowest BCUT2D eigenvalue weighted by Gasteiger charge is -2.22. The molecule has 0 amide bonds. The Labute approximate surface area is 149 Å². The summed E-state index contributed by atoms with van der Waals surface area (Å²) >= 11 is 0. The Morgan fingerprint density at radius 3 is 2.24 bits per heavy atom. The first kappa shape index (κ1) is 18.1. The van der Waals surface area contributed by atoms with Crippen LogP contribution in [0.5, 0.6) is 0 Å². The highest BCUT2D eigenvalue weighted by molar-refractivity contribution is 5.28. The molecule has 0 saturated carbocycles. The maximum Gasteiger partial charge on any atom is 0.123 e. The van der Waals surface area contributed by atoms with Crippen molar-refractivity contribution in [2.24, 2.45) is 11.8 Å². The molecule has 1 saturated heterocycles. The summed E-state index contributed by atoms with van der Waals surface area (Å²) in [6, 6.07) is 15.2. The summed E-state index contributed by atoms with van der Waals surface area (Å²) in [6.45, 7) is 7.33. The molecule has 0 bridgehead atoms. The zero-order valence-corrected chi connectivity index (χ0v) is 15.2. The van der Waals surface area contributed by atoms with Crippen molar-refractivity contribution in [2.45, 2.75) is 38.7 Å². The molecule has 25 heavy (non-hydrogen) atoms. The topological polar surface area (TPSA) is 29.5 Å². The van der Waals surface area contributed by atoms with Crippen LogP contribution in [-0.2, 0) is 16.6 Å². The first-order chi connectivity index (χ1) is 11.9. The molecule has 0 radical (unpaired) electrons. The molecule has 2 nitrogen and oxygen atoms in total. The fraction of sp³-hybridized carbons (Fsp3) is 0.455. The van der Waals surface area contributed by atoms with Crippen LogP contribution < -0.4 is 0 Å². The Bertz CT molecular complexity index is 685. The lowest BCUT2D eigenvalue weighted by atomic mass is 9.83. The molecular weight excluding hydrogens is 315 g/mol. The van der Waals surface area contributed by atoms with Crippen LogP contribution in [0, 0.1) is 17.7 Å². The van der Waals surface area contributed by atoms with E-state index >= 15 is 0 Å². The number of rotatable bonds is 4.